The fourth-order valence-corrected chi connectivity index (χ4v) is 1.75. The van der Waals surface area contributed by atoms with Gasteiger partial charge in [0.25, 0.3) is 0 Å². The lowest BCUT2D eigenvalue weighted by Crippen LogP contribution is -2.27. The van der Waals surface area contributed by atoms with Gasteiger partial charge in [0.2, 0.25) is 0 Å². The Bertz CT molecular complexity index is 284. The van der Waals surface area contributed by atoms with Gasteiger partial charge in [-0.15, -0.1) is 0 Å². The summed E-state index contributed by atoms with van der Waals surface area (Å²) in [7, 11) is 0. The van der Waals surface area contributed by atoms with Crippen molar-refractivity contribution in [3.05, 3.63) is 34.1 Å². The minimum atomic E-state index is -0.166. The summed E-state index contributed by atoms with van der Waals surface area (Å²) in [5, 5.41) is 6.38. The Labute approximate surface area is 98.4 Å². The third-order valence-electron chi connectivity index (χ3n) is 2.09. The second-order valence-corrected chi connectivity index (χ2v) is 4.08. The van der Waals surface area contributed by atoms with E-state index in [4.69, 9.17) is 0 Å². The van der Waals surface area contributed by atoms with Gasteiger partial charge in [0.05, 0.1) is 0 Å². The van der Waals surface area contributed by atoms with Crippen LogP contribution in [0.2, 0.25) is 0 Å². The lowest BCUT2D eigenvalue weighted by Gasteiger charge is -2.08. The zero-order chi connectivity index (χ0) is 11.1. The highest BCUT2D eigenvalue weighted by Crippen LogP contribution is 2.18. The van der Waals surface area contributed by atoms with Gasteiger partial charge in [0, 0.05) is 29.7 Å². The first-order valence-corrected chi connectivity index (χ1v) is 5.89. The molecule has 1 aromatic carbocycles. The maximum atomic E-state index is 13.3. The van der Waals surface area contributed by atoms with Crippen molar-refractivity contribution in [3.8, 4) is 0 Å². The number of benzene rings is 1. The molecule has 2 nitrogen and oxygen atoms in total. The van der Waals surface area contributed by atoms with Crippen LogP contribution in [0.1, 0.15) is 12.5 Å². The maximum Gasteiger partial charge on any atom is 0.128 e. The molecule has 0 spiro atoms. The highest BCUT2D eigenvalue weighted by atomic mass is 79.9. The summed E-state index contributed by atoms with van der Waals surface area (Å²) in [5.74, 6) is -0.166. The van der Waals surface area contributed by atoms with Gasteiger partial charge in [-0.3, -0.25) is 0 Å². The number of likely N-dealkylation sites (N-methyl/N-ethyl adjacent to an activating group) is 1. The average molecular weight is 275 g/mol. The third kappa shape index (κ3) is 4.28. The lowest BCUT2D eigenvalue weighted by molar-refractivity contribution is 0.576. The smallest absolute Gasteiger partial charge is 0.128 e. The van der Waals surface area contributed by atoms with E-state index in [0.29, 0.717) is 12.1 Å². The number of hydrogen-bond acceptors (Lipinski definition) is 2. The minimum Gasteiger partial charge on any atom is -0.316 e. The molecule has 1 aromatic rings. The first-order valence-electron chi connectivity index (χ1n) is 5.10. The van der Waals surface area contributed by atoms with Crippen LogP contribution in [0, 0.1) is 5.82 Å². The van der Waals surface area contributed by atoms with Crippen LogP contribution >= 0.6 is 15.9 Å². The van der Waals surface area contributed by atoms with Gasteiger partial charge in [-0.1, -0.05) is 28.9 Å². The van der Waals surface area contributed by atoms with Crippen molar-refractivity contribution >= 4 is 15.9 Å². The number of nitrogens with one attached hydrogen (secondary N) is 2. The standard InChI is InChI=1S/C11H16BrFN2/c1-2-14-6-7-15-8-9-10(12)4-3-5-11(9)13/h3-5,14-15H,2,6-8H2,1H3. The Morgan fingerprint density at radius 2 is 2.00 bits per heavy atom. The summed E-state index contributed by atoms with van der Waals surface area (Å²) < 4.78 is 14.2. The van der Waals surface area contributed by atoms with Gasteiger partial charge in [0.15, 0.2) is 0 Å². The molecule has 84 valence electrons. The predicted molar refractivity (Wildman–Crippen MR) is 64.4 cm³/mol. The molecule has 1 rings (SSSR count). The molecule has 0 amide bonds. The zero-order valence-corrected chi connectivity index (χ0v) is 10.4. The molecule has 0 bridgehead atoms. The van der Waals surface area contributed by atoms with Crippen molar-refractivity contribution in [2.75, 3.05) is 19.6 Å². The molecule has 15 heavy (non-hydrogen) atoms. The average Bonchev–Trinajstić information content (AvgIpc) is 2.21. The van der Waals surface area contributed by atoms with E-state index in [2.05, 4.69) is 33.5 Å². The summed E-state index contributed by atoms with van der Waals surface area (Å²) in [5.41, 5.74) is 0.689. The monoisotopic (exact) mass is 274 g/mol. The van der Waals surface area contributed by atoms with E-state index in [1.807, 2.05) is 6.07 Å². The van der Waals surface area contributed by atoms with Crippen LogP contribution in [0.15, 0.2) is 22.7 Å². The van der Waals surface area contributed by atoms with Crippen LogP contribution in [-0.2, 0) is 6.54 Å². The summed E-state index contributed by atoms with van der Waals surface area (Å²) in [6.45, 7) is 5.33. The predicted octanol–water partition coefficient (Wildman–Crippen LogP) is 2.29. The lowest BCUT2D eigenvalue weighted by atomic mass is 10.2. The van der Waals surface area contributed by atoms with Crippen molar-refractivity contribution in [1.82, 2.24) is 10.6 Å². The molecule has 0 aliphatic carbocycles. The second-order valence-electron chi connectivity index (χ2n) is 3.23. The molecule has 0 atom stereocenters. The Kier molecular flexibility index (Phi) is 5.83. The van der Waals surface area contributed by atoms with E-state index in [1.54, 1.807) is 6.07 Å². The van der Waals surface area contributed by atoms with Gasteiger partial charge in [0.1, 0.15) is 5.82 Å². The quantitative estimate of drug-likeness (QED) is 0.778. The second kappa shape index (κ2) is 6.93. The van der Waals surface area contributed by atoms with E-state index in [9.17, 15) is 4.39 Å². The fraction of sp³-hybridized carbons (Fsp3) is 0.455. The first-order chi connectivity index (χ1) is 7.25. The Morgan fingerprint density at radius 1 is 1.27 bits per heavy atom. The minimum absolute atomic E-state index is 0.166. The van der Waals surface area contributed by atoms with Crippen molar-refractivity contribution in [1.29, 1.82) is 0 Å². The molecule has 0 saturated heterocycles. The highest BCUT2D eigenvalue weighted by Gasteiger charge is 2.04. The van der Waals surface area contributed by atoms with Gasteiger partial charge >= 0.3 is 0 Å². The molecular weight excluding hydrogens is 259 g/mol. The largest absolute Gasteiger partial charge is 0.316 e. The molecule has 0 aliphatic rings. The van der Waals surface area contributed by atoms with E-state index >= 15 is 0 Å². The van der Waals surface area contributed by atoms with Crippen molar-refractivity contribution < 1.29 is 4.39 Å². The van der Waals surface area contributed by atoms with Gasteiger partial charge in [-0.25, -0.2) is 4.39 Å². The summed E-state index contributed by atoms with van der Waals surface area (Å²) >= 11 is 3.33. The zero-order valence-electron chi connectivity index (χ0n) is 8.82. The van der Waals surface area contributed by atoms with Crippen molar-refractivity contribution in [3.63, 3.8) is 0 Å². The third-order valence-corrected chi connectivity index (χ3v) is 2.83. The maximum absolute atomic E-state index is 13.3. The molecule has 0 fully saturated rings. The molecule has 0 heterocycles. The van der Waals surface area contributed by atoms with Gasteiger partial charge in [-0.2, -0.15) is 0 Å². The van der Waals surface area contributed by atoms with Crippen LogP contribution in [-0.4, -0.2) is 19.6 Å². The number of hydrogen-bond donors (Lipinski definition) is 2. The number of rotatable bonds is 6. The van der Waals surface area contributed by atoms with Crippen LogP contribution in [0.5, 0.6) is 0 Å². The van der Waals surface area contributed by atoms with E-state index < -0.39 is 0 Å². The van der Waals surface area contributed by atoms with Crippen LogP contribution in [0.4, 0.5) is 4.39 Å². The molecule has 4 heteroatoms. The molecular formula is C11H16BrFN2. The Balaban J connectivity index is 2.37. The first kappa shape index (κ1) is 12.6. The topological polar surface area (TPSA) is 24.1 Å². The normalized spacial score (nSPS) is 10.6. The fourth-order valence-electron chi connectivity index (χ4n) is 1.27. The van der Waals surface area contributed by atoms with Gasteiger partial charge < -0.3 is 10.6 Å². The van der Waals surface area contributed by atoms with Crippen LogP contribution in [0.3, 0.4) is 0 Å². The molecule has 0 aromatic heterocycles. The highest BCUT2D eigenvalue weighted by molar-refractivity contribution is 9.10. The van der Waals surface area contributed by atoms with Crippen LogP contribution in [0.25, 0.3) is 0 Å². The summed E-state index contributed by atoms with van der Waals surface area (Å²) in [4.78, 5) is 0. The molecule has 2 N–H and O–H groups in total. The molecule has 0 radical (unpaired) electrons. The Hall–Kier alpha value is -0.450. The summed E-state index contributed by atoms with van der Waals surface area (Å²) in [6.07, 6.45) is 0. The van der Waals surface area contributed by atoms with Gasteiger partial charge in [-0.05, 0) is 18.7 Å². The number of halogens is 2. The molecule has 0 aliphatic heterocycles. The van der Waals surface area contributed by atoms with E-state index in [1.165, 1.54) is 6.07 Å². The van der Waals surface area contributed by atoms with E-state index in [0.717, 1.165) is 24.1 Å². The van der Waals surface area contributed by atoms with Crippen molar-refractivity contribution in [2.45, 2.75) is 13.5 Å². The Morgan fingerprint density at radius 3 is 2.67 bits per heavy atom. The summed E-state index contributed by atoms with van der Waals surface area (Å²) in [6, 6.07) is 5.03. The SMILES string of the molecule is CCNCCNCc1c(F)cccc1Br. The van der Waals surface area contributed by atoms with Crippen molar-refractivity contribution in [2.24, 2.45) is 0 Å². The van der Waals surface area contributed by atoms with Crippen LogP contribution < -0.4 is 10.6 Å². The van der Waals surface area contributed by atoms with E-state index in [-0.39, 0.29) is 5.82 Å². The molecule has 0 saturated carbocycles. The molecule has 0 unspecified atom stereocenters.